The predicted molar refractivity (Wildman–Crippen MR) is 74.4 cm³/mol. The fraction of sp³-hybridized carbons (Fsp3) is 0.500. The van der Waals surface area contributed by atoms with Crippen molar-refractivity contribution in [2.45, 2.75) is 31.8 Å². The molecule has 4 heteroatoms. The molecular formula is C14H18BrNO2. The summed E-state index contributed by atoms with van der Waals surface area (Å²) in [6.45, 7) is 2.99. The summed E-state index contributed by atoms with van der Waals surface area (Å²) < 4.78 is 1.14. The van der Waals surface area contributed by atoms with E-state index in [1.54, 1.807) is 4.90 Å². The minimum absolute atomic E-state index is 0.152. The summed E-state index contributed by atoms with van der Waals surface area (Å²) in [5, 5.41) is 9.30. The van der Waals surface area contributed by atoms with Crippen molar-refractivity contribution in [3.63, 3.8) is 0 Å². The van der Waals surface area contributed by atoms with Crippen LogP contribution in [0.25, 0.3) is 0 Å². The predicted octanol–water partition coefficient (Wildman–Crippen LogP) is 2.54. The lowest BCUT2D eigenvalue weighted by molar-refractivity contribution is -0.140. The van der Waals surface area contributed by atoms with Gasteiger partial charge in [-0.15, -0.1) is 0 Å². The van der Waals surface area contributed by atoms with Gasteiger partial charge in [0.25, 0.3) is 5.91 Å². The van der Waals surface area contributed by atoms with E-state index in [-0.39, 0.29) is 5.91 Å². The van der Waals surface area contributed by atoms with Crippen LogP contribution in [0.5, 0.6) is 0 Å². The Kier molecular flexibility index (Phi) is 4.40. The summed E-state index contributed by atoms with van der Waals surface area (Å²) in [4.78, 5) is 13.4. The van der Waals surface area contributed by atoms with E-state index in [9.17, 15) is 9.90 Å². The first-order valence-electron chi connectivity index (χ1n) is 6.31. The summed E-state index contributed by atoms with van der Waals surface area (Å²) in [5.41, 5.74) is 1.32. The molecule has 1 aliphatic rings. The number of carbonyl (C=O) groups excluding carboxylic acids is 1. The van der Waals surface area contributed by atoms with Crippen molar-refractivity contribution in [1.29, 1.82) is 0 Å². The first kappa shape index (κ1) is 13.6. The van der Waals surface area contributed by atoms with Crippen LogP contribution in [0.1, 0.15) is 31.2 Å². The van der Waals surface area contributed by atoms with Crippen molar-refractivity contribution < 1.29 is 9.90 Å². The number of halogens is 1. The van der Waals surface area contributed by atoms with E-state index in [2.05, 4.69) is 28.1 Å². The Balaban J connectivity index is 1.99. The van der Waals surface area contributed by atoms with Gasteiger partial charge in [0, 0.05) is 17.6 Å². The highest BCUT2D eigenvalue weighted by Crippen LogP contribution is 2.32. The number of amides is 1. The number of benzene rings is 1. The van der Waals surface area contributed by atoms with Crippen LogP contribution in [-0.4, -0.2) is 35.1 Å². The Labute approximate surface area is 116 Å². The van der Waals surface area contributed by atoms with Crippen LogP contribution in [0.3, 0.4) is 0 Å². The zero-order valence-electron chi connectivity index (χ0n) is 10.5. The molecule has 0 unspecified atom stereocenters. The highest BCUT2D eigenvalue weighted by atomic mass is 79.9. The number of hydrogen-bond acceptors (Lipinski definition) is 2. The molecule has 0 spiro atoms. The minimum Gasteiger partial charge on any atom is -0.384 e. The van der Waals surface area contributed by atoms with E-state index in [0.717, 1.165) is 30.4 Å². The first-order chi connectivity index (χ1) is 8.59. The number of likely N-dealkylation sites (tertiary alicyclic amines) is 1. The lowest BCUT2D eigenvalue weighted by Crippen LogP contribution is -2.42. The molecule has 3 nitrogen and oxygen atoms in total. The Morgan fingerprint density at radius 2 is 2.00 bits per heavy atom. The molecule has 0 radical (unpaired) electrons. The quantitative estimate of drug-likeness (QED) is 0.912. The molecule has 0 bridgehead atoms. The van der Waals surface area contributed by atoms with Crippen molar-refractivity contribution in [2.75, 3.05) is 13.1 Å². The van der Waals surface area contributed by atoms with Gasteiger partial charge < -0.3 is 10.0 Å². The van der Waals surface area contributed by atoms with E-state index in [0.29, 0.717) is 5.92 Å². The molecule has 2 rings (SSSR count). The maximum Gasteiger partial charge on any atom is 0.251 e. The Bertz CT molecular complexity index is 426. The van der Waals surface area contributed by atoms with Crippen LogP contribution >= 0.6 is 15.9 Å². The Morgan fingerprint density at radius 3 is 2.56 bits per heavy atom. The van der Waals surface area contributed by atoms with Crippen LogP contribution in [0.4, 0.5) is 0 Å². The highest BCUT2D eigenvalue weighted by molar-refractivity contribution is 9.10. The third-order valence-corrected chi connectivity index (χ3v) is 4.23. The van der Waals surface area contributed by atoms with E-state index >= 15 is 0 Å². The molecule has 1 aliphatic heterocycles. The van der Waals surface area contributed by atoms with Crippen molar-refractivity contribution >= 4 is 21.8 Å². The van der Waals surface area contributed by atoms with Gasteiger partial charge in [-0.3, -0.25) is 4.79 Å². The molecule has 1 heterocycles. The second-order valence-electron chi connectivity index (χ2n) is 4.80. The number of rotatable bonds is 2. The van der Waals surface area contributed by atoms with Gasteiger partial charge in [0.05, 0.1) is 0 Å². The second kappa shape index (κ2) is 5.85. The molecule has 1 N–H and O–H groups in total. The standard InChI is InChI=1S/C14H18BrNO2/c1-10(17)14(18)16-8-6-11(7-9-16)12-4-2-3-5-13(12)15/h2-5,10-11,17H,6-9H2,1H3/t10-/m0/s1. The van der Waals surface area contributed by atoms with Crippen LogP contribution in [-0.2, 0) is 4.79 Å². The molecule has 1 aromatic carbocycles. The highest BCUT2D eigenvalue weighted by Gasteiger charge is 2.26. The van der Waals surface area contributed by atoms with Gasteiger partial charge in [0.1, 0.15) is 6.10 Å². The second-order valence-corrected chi connectivity index (χ2v) is 5.65. The third-order valence-electron chi connectivity index (χ3n) is 3.51. The average Bonchev–Trinajstić information content (AvgIpc) is 2.38. The van der Waals surface area contributed by atoms with Crippen LogP contribution in [0.2, 0.25) is 0 Å². The number of carbonyl (C=O) groups is 1. The number of nitrogens with zero attached hydrogens (tertiary/aromatic N) is 1. The SMILES string of the molecule is C[C@H](O)C(=O)N1CCC(c2ccccc2Br)CC1. The van der Waals surface area contributed by atoms with E-state index in [1.165, 1.54) is 12.5 Å². The topological polar surface area (TPSA) is 40.5 Å². The molecule has 1 aromatic rings. The van der Waals surface area contributed by atoms with Crippen LogP contribution in [0, 0.1) is 0 Å². The molecule has 18 heavy (non-hydrogen) atoms. The van der Waals surface area contributed by atoms with Crippen molar-refractivity contribution in [1.82, 2.24) is 4.90 Å². The van der Waals surface area contributed by atoms with Gasteiger partial charge in [0.2, 0.25) is 0 Å². The lowest BCUT2D eigenvalue weighted by atomic mass is 9.89. The fourth-order valence-corrected chi connectivity index (χ4v) is 3.09. The van der Waals surface area contributed by atoms with Crippen molar-refractivity contribution in [3.05, 3.63) is 34.3 Å². The van der Waals surface area contributed by atoms with Crippen LogP contribution < -0.4 is 0 Å². The van der Waals surface area contributed by atoms with Gasteiger partial charge in [0.15, 0.2) is 0 Å². The van der Waals surface area contributed by atoms with Gasteiger partial charge in [-0.1, -0.05) is 34.1 Å². The number of piperidine rings is 1. The molecule has 1 atom stereocenters. The molecule has 1 fully saturated rings. The fourth-order valence-electron chi connectivity index (χ4n) is 2.48. The van der Waals surface area contributed by atoms with Crippen molar-refractivity contribution in [3.8, 4) is 0 Å². The van der Waals surface area contributed by atoms with E-state index < -0.39 is 6.10 Å². The Morgan fingerprint density at radius 1 is 1.39 bits per heavy atom. The molecule has 98 valence electrons. The first-order valence-corrected chi connectivity index (χ1v) is 7.10. The largest absolute Gasteiger partial charge is 0.384 e. The van der Waals surface area contributed by atoms with Gasteiger partial charge in [-0.05, 0) is 37.3 Å². The molecule has 1 saturated heterocycles. The molecule has 0 aliphatic carbocycles. The van der Waals surface area contributed by atoms with Crippen molar-refractivity contribution in [2.24, 2.45) is 0 Å². The maximum atomic E-state index is 11.7. The third kappa shape index (κ3) is 2.93. The van der Waals surface area contributed by atoms with Gasteiger partial charge in [-0.2, -0.15) is 0 Å². The zero-order chi connectivity index (χ0) is 13.1. The molecule has 0 aromatic heterocycles. The summed E-state index contributed by atoms with van der Waals surface area (Å²) in [6.07, 6.45) is 1.03. The maximum absolute atomic E-state index is 11.7. The summed E-state index contributed by atoms with van der Waals surface area (Å²) >= 11 is 3.58. The number of aliphatic hydroxyl groups excluding tert-OH is 1. The van der Waals surface area contributed by atoms with E-state index in [4.69, 9.17) is 0 Å². The summed E-state index contributed by atoms with van der Waals surface area (Å²) in [6, 6.07) is 8.26. The Hall–Kier alpha value is -0.870. The van der Waals surface area contributed by atoms with Gasteiger partial charge >= 0.3 is 0 Å². The number of hydrogen-bond donors (Lipinski definition) is 1. The monoisotopic (exact) mass is 311 g/mol. The normalized spacial score (nSPS) is 18.7. The van der Waals surface area contributed by atoms with Crippen LogP contribution in [0.15, 0.2) is 28.7 Å². The zero-order valence-corrected chi connectivity index (χ0v) is 12.1. The smallest absolute Gasteiger partial charge is 0.251 e. The van der Waals surface area contributed by atoms with E-state index in [1.807, 2.05) is 12.1 Å². The molecular weight excluding hydrogens is 294 g/mol. The molecule has 1 amide bonds. The summed E-state index contributed by atoms with van der Waals surface area (Å²) in [7, 11) is 0. The molecule has 0 saturated carbocycles. The number of aliphatic hydroxyl groups is 1. The van der Waals surface area contributed by atoms with Gasteiger partial charge in [-0.25, -0.2) is 0 Å². The minimum atomic E-state index is -0.884. The lowest BCUT2D eigenvalue weighted by Gasteiger charge is -2.33. The summed E-state index contributed by atoms with van der Waals surface area (Å²) in [5.74, 6) is 0.346. The average molecular weight is 312 g/mol.